The smallest absolute Gasteiger partial charge is 0.252 e. The van der Waals surface area contributed by atoms with Crippen LogP contribution in [0.3, 0.4) is 0 Å². The Kier molecular flexibility index (Phi) is 12.3. The van der Waals surface area contributed by atoms with Gasteiger partial charge in [-0.25, -0.2) is 0 Å². The van der Waals surface area contributed by atoms with E-state index in [0.29, 0.717) is 5.92 Å². The molecule has 4 aliphatic rings. The van der Waals surface area contributed by atoms with Crippen LogP contribution in [0.4, 0.5) is 45.5 Å². The molecule has 3 aliphatic heterocycles. The molecule has 1 aliphatic carbocycles. The fraction of sp³-hybridized carbons (Fsp3) is 0.432. The maximum Gasteiger partial charge on any atom is 0.252 e. The highest BCUT2D eigenvalue weighted by molar-refractivity contribution is 7.00. The Morgan fingerprint density at radius 3 is 1.51 bits per heavy atom. The molecule has 3 unspecified atom stereocenters. The molecule has 404 valence electrons. The van der Waals surface area contributed by atoms with Gasteiger partial charge in [-0.1, -0.05) is 210 Å². The fourth-order valence-electron chi connectivity index (χ4n) is 14.1. The molecule has 0 saturated heterocycles. The summed E-state index contributed by atoms with van der Waals surface area (Å²) in [6.07, 6.45) is 3.51. The minimum atomic E-state index is -0.151. The molecule has 0 bridgehead atoms. The van der Waals surface area contributed by atoms with Crippen molar-refractivity contribution in [3.63, 3.8) is 0 Å². The van der Waals surface area contributed by atoms with Gasteiger partial charge in [0.15, 0.2) is 0 Å². The summed E-state index contributed by atoms with van der Waals surface area (Å²) in [7, 11) is 0. The van der Waals surface area contributed by atoms with Gasteiger partial charge in [0.2, 0.25) is 0 Å². The number of benzene rings is 7. The number of fused-ring (bicyclic) bond motifs is 7. The Hall–Kier alpha value is -6.00. The van der Waals surface area contributed by atoms with Crippen molar-refractivity contribution in [2.75, 3.05) is 14.7 Å². The van der Waals surface area contributed by atoms with Gasteiger partial charge in [0, 0.05) is 50.8 Å². The lowest BCUT2D eigenvalue weighted by Crippen LogP contribution is -2.62. The van der Waals surface area contributed by atoms with E-state index in [2.05, 4.69) is 293 Å². The van der Waals surface area contributed by atoms with Gasteiger partial charge in [0.05, 0.1) is 11.2 Å². The van der Waals surface area contributed by atoms with Crippen LogP contribution in [0.5, 0.6) is 0 Å². The summed E-state index contributed by atoms with van der Waals surface area (Å²) < 4.78 is 0. The first-order valence-corrected chi connectivity index (χ1v) is 29.5. The number of rotatable bonds is 4. The highest BCUT2D eigenvalue weighted by Crippen LogP contribution is 2.64. The van der Waals surface area contributed by atoms with Crippen LogP contribution in [-0.2, 0) is 32.5 Å². The summed E-state index contributed by atoms with van der Waals surface area (Å²) in [5, 5.41) is 0. The van der Waals surface area contributed by atoms with Crippen LogP contribution in [-0.4, -0.2) is 12.3 Å². The van der Waals surface area contributed by atoms with E-state index in [9.17, 15) is 0 Å². The molecule has 0 spiro atoms. The third-order valence-corrected chi connectivity index (χ3v) is 19.5. The Balaban J connectivity index is 1.23. The minimum absolute atomic E-state index is 0.0139. The van der Waals surface area contributed by atoms with Crippen molar-refractivity contribution in [1.29, 1.82) is 0 Å². The van der Waals surface area contributed by atoms with Crippen LogP contribution in [0, 0.1) is 11.3 Å². The van der Waals surface area contributed by atoms with Crippen molar-refractivity contribution in [2.24, 2.45) is 11.3 Å². The number of nitrogens with zero attached hydrogens (tertiary/aromatic N) is 3. The molecule has 7 aromatic carbocycles. The zero-order chi connectivity index (χ0) is 56.2. The topological polar surface area (TPSA) is 9.72 Å². The zero-order valence-electron chi connectivity index (χ0n) is 51.4. The molecule has 0 radical (unpaired) electrons. The summed E-state index contributed by atoms with van der Waals surface area (Å²) in [6.45, 7) is 48.0. The molecule has 3 atom stereocenters. The normalized spacial score (nSPS) is 20.3. The maximum absolute atomic E-state index is 2.82. The van der Waals surface area contributed by atoms with Crippen molar-refractivity contribution >= 4 is 68.6 Å². The molecule has 0 N–H and O–H groups in total. The lowest BCUT2D eigenvalue weighted by Gasteiger charge is -2.54. The second-order valence-electron chi connectivity index (χ2n) is 30.9. The molecule has 4 heteroatoms. The van der Waals surface area contributed by atoms with Crippen LogP contribution in [0.25, 0.3) is 11.1 Å². The molecule has 1 saturated carbocycles. The lowest BCUT2D eigenvalue weighted by atomic mass is 9.33. The summed E-state index contributed by atoms with van der Waals surface area (Å²) in [4.78, 5) is 8.15. The molecule has 0 amide bonds. The molecule has 7 aromatic rings. The van der Waals surface area contributed by atoms with Crippen molar-refractivity contribution in [3.8, 4) is 11.1 Å². The van der Waals surface area contributed by atoms with Crippen LogP contribution in [0.15, 0.2) is 140 Å². The van der Waals surface area contributed by atoms with Crippen LogP contribution in [0.1, 0.15) is 191 Å². The largest absolute Gasteiger partial charge is 0.334 e. The van der Waals surface area contributed by atoms with E-state index in [-0.39, 0.29) is 50.2 Å². The summed E-state index contributed by atoms with van der Waals surface area (Å²) in [6, 6.07) is 55.8. The van der Waals surface area contributed by atoms with Gasteiger partial charge in [-0.2, -0.15) is 0 Å². The second-order valence-corrected chi connectivity index (χ2v) is 30.9. The van der Waals surface area contributed by atoms with E-state index in [4.69, 9.17) is 0 Å². The van der Waals surface area contributed by atoms with Crippen molar-refractivity contribution in [3.05, 3.63) is 173 Å². The minimum Gasteiger partial charge on any atom is -0.334 e. The number of hydrogen-bond acceptors (Lipinski definition) is 3. The standard InChI is InChI=1S/C74H90BN3/c1-67(2,3)48-26-31-54(32-27-48)76-63-45-55(78-61-36-29-50(69(7,8)9)41-57(61)73(19)46-52(71(13,14)15)38-39-74(73,78)20)33-34-58(63)75-59-42-51(70(10,11)12)30-37-62(59)77(65-44-53(72(16,17)18)43-64(76)66(65)75)60-35-28-49(68(4,5)6)40-56(60)47-24-22-21-23-25-47/h21-37,40-45,52H,38-39,46H2,1-20H3. The van der Waals surface area contributed by atoms with Gasteiger partial charge >= 0.3 is 0 Å². The molecule has 1 fully saturated rings. The third kappa shape index (κ3) is 8.68. The Labute approximate surface area is 472 Å². The van der Waals surface area contributed by atoms with Crippen molar-refractivity contribution in [1.82, 2.24) is 0 Å². The van der Waals surface area contributed by atoms with Crippen molar-refractivity contribution in [2.45, 2.75) is 196 Å². The van der Waals surface area contributed by atoms with Crippen LogP contribution >= 0.6 is 0 Å². The molecular formula is C74H90BN3. The lowest BCUT2D eigenvalue weighted by molar-refractivity contribution is 0.0786. The molecule has 11 rings (SSSR count). The first-order chi connectivity index (χ1) is 36.2. The Morgan fingerprint density at radius 1 is 0.423 bits per heavy atom. The highest BCUT2D eigenvalue weighted by atomic mass is 15.3. The Bertz CT molecular complexity index is 3490. The molecule has 3 heterocycles. The van der Waals surface area contributed by atoms with Crippen LogP contribution < -0.4 is 31.1 Å². The van der Waals surface area contributed by atoms with E-state index < -0.39 is 0 Å². The zero-order valence-corrected chi connectivity index (χ0v) is 51.4. The first-order valence-electron chi connectivity index (χ1n) is 29.5. The Morgan fingerprint density at radius 2 is 0.936 bits per heavy atom. The van der Waals surface area contributed by atoms with E-state index in [1.54, 1.807) is 0 Å². The molecule has 0 aromatic heterocycles. The highest BCUT2D eigenvalue weighted by Gasteiger charge is 2.60. The van der Waals surface area contributed by atoms with Crippen molar-refractivity contribution < 1.29 is 0 Å². The first kappa shape index (κ1) is 54.0. The van der Waals surface area contributed by atoms with E-state index in [0.717, 1.165) is 6.42 Å². The molecular weight excluding hydrogens is 942 g/mol. The maximum atomic E-state index is 2.82. The molecule has 3 nitrogen and oxygen atoms in total. The van der Waals surface area contributed by atoms with Gasteiger partial charge in [-0.05, 0) is 181 Å². The molecule has 78 heavy (non-hydrogen) atoms. The predicted molar refractivity (Wildman–Crippen MR) is 341 cm³/mol. The van der Waals surface area contributed by atoms with Gasteiger partial charge in [-0.3, -0.25) is 0 Å². The quantitative estimate of drug-likeness (QED) is 0.163. The van der Waals surface area contributed by atoms with Gasteiger partial charge in [0.1, 0.15) is 0 Å². The van der Waals surface area contributed by atoms with Gasteiger partial charge < -0.3 is 14.7 Å². The average molecular weight is 1030 g/mol. The number of anilines is 8. The second kappa shape index (κ2) is 17.8. The monoisotopic (exact) mass is 1030 g/mol. The van der Waals surface area contributed by atoms with Gasteiger partial charge in [0.25, 0.3) is 6.71 Å². The number of hydrogen-bond donors (Lipinski definition) is 0. The summed E-state index contributed by atoms with van der Waals surface area (Å²) in [5.74, 6) is 0.628. The summed E-state index contributed by atoms with van der Waals surface area (Å²) >= 11 is 0. The van der Waals surface area contributed by atoms with E-state index in [1.807, 2.05) is 0 Å². The predicted octanol–water partition coefficient (Wildman–Crippen LogP) is 18.9. The van der Waals surface area contributed by atoms with Crippen LogP contribution in [0.2, 0.25) is 0 Å². The average Bonchev–Trinajstić information content (AvgIpc) is 3.57. The van der Waals surface area contributed by atoms with E-state index >= 15 is 0 Å². The van der Waals surface area contributed by atoms with E-state index in [1.165, 1.54) is 119 Å². The third-order valence-electron chi connectivity index (χ3n) is 19.5. The summed E-state index contributed by atoms with van der Waals surface area (Å²) in [5.41, 5.74) is 24.7. The van der Waals surface area contributed by atoms with Gasteiger partial charge in [-0.15, -0.1) is 0 Å². The fourth-order valence-corrected chi connectivity index (χ4v) is 14.1. The SMILES string of the molecule is CC(C)(C)c1ccc(N2c3cc(N4c5ccc(C(C)(C)C)cc5C5(C)CC(C(C)(C)C)CCC45C)ccc3B3c4cc(C(C)(C)C)ccc4N(c4ccc(C(C)(C)C)cc4-c4ccccc4)c4cc(C(C)(C)C)cc2c43)cc1.